The first-order chi connectivity index (χ1) is 12.5. The maximum atomic E-state index is 12.8. The van der Waals surface area contributed by atoms with Crippen LogP contribution in [0.3, 0.4) is 0 Å². The molecule has 0 saturated carbocycles. The van der Waals surface area contributed by atoms with Crippen LogP contribution in [0.2, 0.25) is 0 Å². The van der Waals surface area contributed by atoms with Gasteiger partial charge in [0.1, 0.15) is 0 Å². The van der Waals surface area contributed by atoms with Crippen molar-refractivity contribution >= 4 is 27.7 Å². The molecule has 1 aliphatic heterocycles. The van der Waals surface area contributed by atoms with Crippen LogP contribution in [0.5, 0.6) is 0 Å². The molecule has 0 bridgehead atoms. The number of anilines is 1. The third-order valence-corrected chi connectivity index (χ3v) is 6.01. The van der Waals surface area contributed by atoms with Crippen molar-refractivity contribution in [3.8, 4) is 0 Å². The van der Waals surface area contributed by atoms with Gasteiger partial charge in [-0.1, -0.05) is 0 Å². The SMILES string of the molecule is CC(C)OC(=O)N1CCN(C(=O)c2cc(S(=O)(=O)N(C)C)ccc2N)CC1. The number of rotatable bonds is 4. The van der Waals surface area contributed by atoms with Crippen LogP contribution in [0.15, 0.2) is 23.1 Å². The number of hydrogen-bond donors (Lipinski definition) is 1. The minimum atomic E-state index is -3.67. The van der Waals surface area contributed by atoms with Crippen molar-refractivity contribution in [1.29, 1.82) is 0 Å². The third kappa shape index (κ3) is 4.69. The molecule has 1 aromatic rings. The molecule has 150 valence electrons. The lowest BCUT2D eigenvalue weighted by Crippen LogP contribution is -2.51. The number of nitrogens with two attached hydrogens (primary N) is 1. The highest BCUT2D eigenvalue weighted by Crippen LogP contribution is 2.22. The predicted molar refractivity (Wildman–Crippen MR) is 101 cm³/mol. The number of hydrogen-bond acceptors (Lipinski definition) is 6. The maximum absolute atomic E-state index is 12.8. The van der Waals surface area contributed by atoms with Gasteiger partial charge in [-0.3, -0.25) is 4.79 Å². The van der Waals surface area contributed by atoms with Gasteiger partial charge in [0.25, 0.3) is 5.91 Å². The number of amides is 2. The van der Waals surface area contributed by atoms with E-state index in [2.05, 4.69) is 0 Å². The first kappa shape index (κ1) is 21.0. The minimum Gasteiger partial charge on any atom is -0.447 e. The minimum absolute atomic E-state index is 0.00389. The fourth-order valence-corrected chi connectivity index (χ4v) is 3.56. The molecule has 0 spiro atoms. The summed E-state index contributed by atoms with van der Waals surface area (Å²) in [5.41, 5.74) is 6.25. The van der Waals surface area contributed by atoms with E-state index in [0.29, 0.717) is 26.2 Å². The van der Waals surface area contributed by atoms with Crippen molar-refractivity contribution in [2.45, 2.75) is 24.8 Å². The molecule has 2 amide bonds. The number of sulfonamides is 1. The molecular formula is C17H26N4O5S. The smallest absolute Gasteiger partial charge is 0.410 e. The second-order valence-corrected chi connectivity index (χ2v) is 8.90. The fraction of sp³-hybridized carbons (Fsp3) is 0.529. The standard InChI is InChI=1S/C17H26N4O5S/c1-12(2)26-17(23)21-9-7-20(8-10-21)16(22)14-11-13(5-6-15(14)18)27(24,25)19(3)4/h5-6,11-12H,7-10,18H2,1-4H3. The summed E-state index contributed by atoms with van der Waals surface area (Å²) in [5.74, 6) is -0.361. The lowest BCUT2D eigenvalue weighted by atomic mass is 10.1. The lowest BCUT2D eigenvalue weighted by molar-refractivity contribution is 0.0476. The van der Waals surface area contributed by atoms with Gasteiger partial charge in [-0.15, -0.1) is 0 Å². The first-order valence-corrected chi connectivity index (χ1v) is 10.0. The Labute approximate surface area is 159 Å². The van der Waals surface area contributed by atoms with Crippen LogP contribution in [0.1, 0.15) is 24.2 Å². The Hall–Kier alpha value is -2.33. The zero-order valence-electron chi connectivity index (χ0n) is 16.0. The monoisotopic (exact) mass is 398 g/mol. The molecule has 0 aliphatic carbocycles. The second kappa shape index (κ2) is 8.13. The highest BCUT2D eigenvalue weighted by molar-refractivity contribution is 7.89. The Balaban J connectivity index is 2.14. The van der Waals surface area contributed by atoms with Gasteiger partial charge >= 0.3 is 6.09 Å². The molecule has 10 heteroatoms. The molecule has 1 fully saturated rings. The van der Waals surface area contributed by atoms with Crippen LogP contribution >= 0.6 is 0 Å². The summed E-state index contributed by atoms with van der Waals surface area (Å²) in [7, 11) is -0.836. The molecule has 9 nitrogen and oxygen atoms in total. The Morgan fingerprint density at radius 2 is 1.67 bits per heavy atom. The largest absolute Gasteiger partial charge is 0.447 e. The molecule has 0 atom stereocenters. The average molecular weight is 398 g/mol. The van der Waals surface area contributed by atoms with E-state index in [1.54, 1.807) is 23.6 Å². The highest BCUT2D eigenvalue weighted by atomic mass is 32.2. The van der Waals surface area contributed by atoms with E-state index in [9.17, 15) is 18.0 Å². The van der Waals surface area contributed by atoms with Gasteiger partial charge in [0.15, 0.2) is 0 Å². The van der Waals surface area contributed by atoms with Gasteiger partial charge in [-0.25, -0.2) is 17.5 Å². The molecule has 2 rings (SSSR count). The zero-order chi connectivity index (χ0) is 20.4. The number of nitrogens with zero attached hydrogens (tertiary/aromatic N) is 3. The lowest BCUT2D eigenvalue weighted by Gasteiger charge is -2.34. The normalized spacial score (nSPS) is 15.3. The van der Waals surface area contributed by atoms with Crippen LogP contribution in [0.4, 0.5) is 10.5 Å². The Morgan fingerprint density at radius 1 is 1.11 bits per heavy atom. The molecule has 27 heavy (non-hydrogen) atoms. The summed E-state index contributed by atoms with van der Waals surface area (Å²) < 4.78 is 30.8. The molecule has 0 radical (unpaired) electrons. The average Bonchev–Trinajstić information content (AvgIpc) is 2.60. The van der Waals surface area contributed by atoms with E-state index in [4.69, 9.17) is 10.5 Å². The molecule has 1 aromatic carbocycles. The van der Waals surface area contributed by atoms with E-state index in [0.717, 1.165) is 4.31 Å². The van der Waals surface area contributed by atoms with Gasteiger partial charge < -0.3 is 20.3 Å². The van der Waals surface area contributed by atoms with Crippen LogP contribution in [-0.4, -0.2) is 80.9 Å². The summed E-state index contributed by atoms with van der Waals surface area (Å²) in [6.07, 6.45) is -0.617. The van der Waals surface area contributed by atoms with Gasteiger partial charge in [0.2, 0.25) is 10.0 Å². The molecule has 1 aliphatic rings. The quantitative estimate of drug-likeness (QED) is 0.752. The number of carbonyl (C=O) groups is 2. The van der Waals surface area contributed by atoms with Gasteiger partial charge in [0, 0.05) is 46.0 Å². The van der Waals surface area contributed by atoms with E-state index < -0.39 is 16.1 Å². The fourth-order valence-electron chi connectivity index (χ4n) is 2.63. The Morgan fingerprint density at radius 3 is 2.19 bits per heavy atom. The van der Waals surface area contributed by atoms with Crippen LogP contribution in [-0.2, 0) is 14.8 Å². The summed E-state index contributed by atoms with van der Waals surface area (Å²) in [6, 6.07) is 4.09. The van der Waals surface area contributed by atoms with Gasteiger partial charge in [-0.05, 0) is 32.0 Å². The highest BCUT2D eigenvalue weighted by Gasteiger charge is 2.28. The van der Waals surface area contributed by atoms with E-state index in [-0.39, 0.29) is 28.2 Å². The zero-order valence-corrected chi connectivity index (χ0v) is 16.8. The summed E-state index contributed by atoms with van der Waals surface area (Å²) in [6.45, 7) is 4.86. The molecule has 0 unspecified atom stereocenters. The first-order valence-electron chi connectivity index (χ1n) is 8.61. The van der Waals surface area contributed by atoms with Crippen molar-refractivity contribution in [2.75, 3.05) is 46.0 Å². The molecular weight excluding hydrogens is 372 g/mol. The Bertz CT molecular complexity index is 815. The third-order valence-electron chi connectivity index (χ3n) is 4.20. The van der Waals surface area contributed by atoms with Crippen LogP contribution < -0.4 is 5.73 Å². The summed E-state index contributed by atoms with van der Waals surface area (Å²) >= 11 is 0. The summed E-state index contributed by atoms with van der Waals surface area (Å²) in [5, 5.41) is 0. The number of carbonyl (C=O) groups excluding carboxylic acids is 2. The van der Waals surface area contributed by atoms with E-state index in [1.165, 1.54) is 32.3 Å². The number of ether oxygens (including phenoxy) is 1. The number of benzene rings is 1. The van der Waals surface area contributed by atoms with Crippen molar-refractivity contribution in [3.63, 3.8) is 0 Å². The van der Waals surface area contributed by atoms with Crippen molar-refractivity contribution < 1.29 is 22.7 Å². The molecule has 2 N–H and O–H groups in total. The topological polar surface area (TPSA) is 113 Å². The predicted octanol–water partition coefficient (Wildman–Crippen LogP) is 0.822. The van der Waals surface area contributed by atoms with Crippen molar-refractivity contribution in [1.82, 2.24) is 14.1 Å². The summed E-state index contributed by atoms with van der Waals surface area (Å²) in [4.78, 5) is 27.9. The maximum Gasteiger partial charge on any atom is 0.410 e. The van der Waals surface area contributed by atoms with Crippen molar-refractivity contribution in [3.05, 3.63) is 23.8 Å². The van der Waals surface area contributed by atoms with Crippen LogP contribution in [0, 0.1) is 0 Å². The van der Waals surface area contributed by atoms with Gasteiger partial charge in [0.05, 0.1) is 16.6 Å². The Kier molecular flexibility index (Phi) is 6.32. The van der Waals surface area contributed by atoms with Crippen LogP contribution in [0.25, 0.3) is 0 Å². The van der Waals surface area contributed by atoms with Crippen molar-refractivity contribution in [2.24, 2.45) is 0 Å². The van der Waals surface area contributed by atoms with E-state index >= 15 is 0 Å². The second-order valence-electron chi connectivity index (χ2n) is 6.75. The van der Waals surface area contributed by atoms with Gasteiger partial charge in [-0.2, -0.15) is 0 Å². The molecule has 1 saturated heterocycles. The number of nitrogen functional groups attached to an aromatic ring is 1. The molecule has 0 aromatic heterocycles. The van der Waals surface area contributed by atoms with E-state index in [1.807, 2.05) is 0 Å². The number of piperazine rings is 1. The molecule has 1 heterocycles.